The first kappa shape index (κ1) is 14.5. The van der Waals surface area contributed by atoms with Crippen molar-refractivity contribution in [3.63, 3.8) is 0 Å². The molecular weight excluding hydrogens is 216 g/mol. The molecule has 0 aromatic carbocycles. The van der Waals surface area contributed by atoms with E-state index >= 15 is 0 Å². The second-order valence-electron chi connectivity index (χ2n) is 5.58. The van der Waals surface area contributed by atoms with Gasteiger partial charge in [-0.25, -0.2) is 0 Å². The summed E-state index contributed by atoms with van der Waals surface area (Å²) in [7, 11) is 0. The van der Waals surface area contributed by atoms with Gasteiger partial charge in [0, 0.05) is 6.54 Å². The van der Waals surface area contributed by atoms with Gasteiger partial charge in [0.2, 0.25) is 5.91 Å². The lowest BCUT2D eigenvalue weighted by atomic mass is 9.92. The van der Waals surface area contributed by atoms with Crippen molar-refractivity contribution in [2.24, 2.45) is 11.8 Å². The SMILES string of the molecule is CC(C)CC(O)CNC(=O)C1NCCCC1C. The number of carbonyl (C=O) groups is 1. The summed E-state index contributed by atoms with van der Waals surface area (Å²) in [4.78, 5) is 11.9. The summed E-state index contributed by atoms with van der Waals surface area (Å²) in [6, 6.07) is -0.0880. The third kappa shape index (κ3) is 5.04. The summed E-state index contributed by atoms with van der Waals surface area (Å²) < 4.78 is 0. The first-order chi connectivity index (χ1) is 8.00. The van der Waals surface area contributed by atoms with Crippen LogP contribution in [0.5, 0.6) is 0 Å². The molecule has 4 nitrogen and oxygen atoms in total. The van der Waals surface area contributed by atoms with Crippen LogP contribution in [0, 0.1) is 11.8 Å². The van der Waals surface area contributed by atoms with Crippen molar-refractivity contribution in [3.8, 4) is 0 Å². The molecule has 1 rings (SSSR count). The highest BCUT2D eigenvalue weighted by Crippen LogP contribution is 2.15. The van der Waals surface area contributed by atoms with Crippen molar-refractivity contribution in [2.75, 3.05) is 13.1 Å². The van der Waals surface area contributed by atoms with Crippen molar-refractivity contribution < 1.29 is 9.90 Å². The third-order valence-corrected chi connectivity index (χ3v) is 3.31. The Labute approximate surface area is 104 Å². The number of rotatable bonds is 5. The summed E-state index contributed by atoms with van der Waals surface area (Å²) in [6.45, 7) is 7.51. The zero-order chi connectivity index (χ0) is 12.8. The van der Waals surface area contributed by atoms with E-state index in [4.69, 9.17) is 0 Å². The van der Waals surface area contributed by atoms with Gasteiger partial charge in [0.25, 0.3) is 0 Å². The molecule has 0 aliphatic carbocycles. The largest absolute Gasteiger partial charge is 0.391 e. The molecule has 1 aliphatic rings. The van der Waals surface area contributed by atoms with Crippen LogP contribution < -0.4 is 10.6 Å². The van der Waals surface area contributed by atoms with Gasteiger partial charge in [0.05, 0.1) is 12.1 Å². The number of piperidine rings is 1. The predicted molar refractivity (Wildman–Crippen MR) is 68.7 cm³/mol. The Morgan fingerprint density at radius 3 is 2.82 bits per heavy atom. The molecule has 17 heavy (non-hydrogen) atoms. The minimum absolute atomic E-state index is 0.0278. The number of aliphatic hydroxyl groups is 1. The van der Waals surface area contributed by atoms with Gasteiger partial charge in [-0.05, 0) is 37.6 Å². The van der Waals surface area contributed by atoms with E-state index in [-0.39, 0.29) is 11.9 Å². The molecule has 3 unspecified atom stereocenters. The van der Waals surface area contributed by atoms with Crippen LogP contribution in [0.25, 0.3) is 0 Å². The Bertz CT molecular complexity index is 244. The Balaban J connectivity index is 2.28. The van der Waals surface area contributed by atoms with Gasteiger partial charge >= 0.3 is 0 Å². The zero-order valence-electron chi connectivity index (χ0n) is 11.2. The van der Waals surface area contributed by atoms with Crippen LogP contribution in [0.1, 0.15) is 40.0 Å². The standard InChI is InChI=1S/C13H26N2O2/c1-9(2)7-11(16)8-15-13(17)12-10(3)5-4-6-14-12/h9-12,14,16H,4-8H2,1-3H3,(H,15,17). The minimum atomic E-state index is -0.433. The molecule has 0 bridgehead atoms. The van der Waals surface area contributed by atoms with Crippen LogP contribution in [-0.4, -0.2) is 36.2 Å². The van der Waals surface area contributed by atoms with Gasteiger partial charge in [-0.2, -0.15) is 0 Å². The monoisotopic (exact) mass is 242 g/mol. The smallest absolute Gasteiger partial charge is 0.237 e. The molecule has 1 aliphatic heterocycles. The number of amides is 1. The molecule has 1 fully saturated rings. The molecule has 100 valence electrons. The van der Waals surface area contributed by atoms with E-state index in [1.165, 1.54) is 0 Å². The Morgan fingerprint density at radius 1 is 1.53 bits per heavy atom. The average Bonchev–Trinajstić information content (AvgIpc) is 2.25. The maximum Gasteiger partial charge on any atom is 0.237 e. The molecule has 1 amide bonds. The molecule has 3 N–H and O–H groups in total. The number of aliphatic hydroxyl groups excluding tert-OH is 1. The fraction of sp³-hybridized carbons (Fsp3) is 0.923. The van der Waals surface area contributed by atoms with Crippen molar-refractivity contribution in [1.82, 2.24) is 10.6 Å². The maximum absolute atomic E-state index is 11.9. The molecular formula is C13H26N2O2. The van der Waals surface area contributed by atoms with E-state index in [9.17, 15) is 9.90 Å². The lowest BCUT2D eigenvalue weighted by Crippen LogP contribution is -2.52. The number of nitrogens with one attached hydrogen (secondary N) is 2. The fourth-order valence-corrected chi connectivity index (χ4v) is 2.36. The van der Waals surface area contributed by atoms with Gasteiger partial charge < -0.3 is 15.7 Å². The van der Waals surface area contributed by atoms with Gasteiger partial charge in [-0.15, -0.1) is 0 Å². The van der Waals surface area contributed by atoms with Crippen LogP contribution in [0.15, 0.2) is 0 Å². The predicted octanol–water partition coefficient (Wildman–Crippen LogP) is 0.898. The molecule has 0 aromatic rings. The van der Waals surface area contributed by atoms with E-state index < -0.39 is 6.10 Å². The van der Waals surface area contributed by atoms with Crippen LogP contribution in [0.4, 0.5) is 0 Å². The fourth-order valence-electron chi connectivity index (χ4n) is 2.36. The summed E-state index contributed by atoms with van der Waals surface area (Å²) in [5.74, 6) is 0.861. The Morgan fingerprint density at radius 2 is 2.24 bits per heavy atom. The van der Waals surface area contributed by atoms with E-state index in [1.54, 1.807) is 0 Å². The molecule has 0 spiro atoms. The normalized spacial score (nSPS) is 26.9. The third-order valence-electron chi connectivity index (χ3n) is 3.31. The first-order valence-corrected chi connectivity index (χ1v) is 6.70. The quantitative estimate of drug-likeness (QED) is 0.671. The first-order valence-electron chi connectivity index (χ1n) is 6.70. The number of carbonyl (C=O) groups excluding carboxylic acids is 1. The lowest BCUT2D eigenvalue weighted by molar-refractivity contribution is -0.125. The van der Waals surface area contributed by atoms with E-state index in [1.807, 2.05) is 0 Å². The highest BCUT2D eigenvalue weighted by Gasteiger charge is 2.27. The zero-order valence-corrected chi connectivity index (χ0v) is 11.2. The lowest BCUT2D eigenvalue weighted by Gasteiger charge is -2.29. The molecule has 0 aromatic heterocycles. The number of hydrogen-bond acceptors (Lipinski definition) is 3. The topological polar surface area (TPSA) is 61.4 Å². The molecule has 0 saturated carbocycles. The highest BCUT2D eigenvalue weighted by molar-refractivity contribution is 5.82. The van der Waals surface area contributed by atoms with Gasteiger partial charge in [-0.1, -0.05) is 20.8 Å². The maximum atomic E-state index is 11.9. The van der Waals surface area contributed by atoms with Crippen molar-refractivity contribution >= 4 is 5.91 Å². The van der Waals surface area contributed by atoms with Crippen LogP contribution >= 0.6 is 0 Å². The summed E-state index contributed by atoms with van der Waals surface area (Å²) in [5.41, 5.74) is 0. The second kappa shape index (κ2) is 6.97. The van der Waals surface area contributed by atoms with Gasteiger partial charge in [0.15, 0.2) is 0 Å². The van der Waals surface area contributed by atoms with Crippen molar-refractivity contribution in [2.45, 2.75) is 52.2 Å². The van der Waals surface area contributed by atoms with Crippen molar-refractivity contribution in [1.29, 1.82) is 0 Å². The van der Waals surface area contributed by atoms with E-state index in [0.717, 1.165) is 25.8 Å². The Hall–Kier alpha value is -0.610. The molecule has 4 heteroatoms. The number of hydrogen-bond donors (Lipinski definition) is 3. The summed E-state index contributed by atoms with van der Waals surface area (Å²) in [5, 5.41) is 15.8. The molecule has 1 heterocycles. The molecule has 3 atom stereocenters. The molecule has 0 radical (unpaired) electrons. The van der Waals surface area contributed by atoms with E-state index in [0.29, 0.717) is 18.4 Å². The molecule has 1 saturated heterocycles. The average molecular weight is 242 g/mol. The van der Waals surface area contributed by atoms with Crippen LogP contribution in [-0.2, 0) is 4.79 Å². The minimum Gasteiger partial charge on any atom is -0.391 e. The second-order valence-corrected chi connectivity index (χ2v) is 5.58. The van der Waals surface area contributed by atoms with Crippen molar-refractivity contribution in [3.05, 3.63) is 0 Å². The van der Waals surface area contributed by atoms with Crippen LogP contribution in [0.2, 0.25) is 0 Å². The summed E-state index contributed by atoms with van der Waals surface area (Å²) >= 11 is 0. The Kier molecular flexibility index (Phi) is 5.92. The van der Waals surface area contributed by atoms with E-state index in [2.05, 4.69) is 31.4 Å². The van der Waals surface area contributed by atoms with Crippen LogP contribution in [0.3, 0.4) is 0 Å². The summed E-state index contributed by atoms with van der Waals surface area (Å²) in [6.07, 6.45) is 2.53. The highest BCUT2D eigenvalue weighted by atomic mass is 16.3. The van der Waals surface area contributed by atoms with Gasteiger partial charge in [0.1, 0.15) is 0 Å². The van der Waals surface area contributed by atoms with Gasteiger partial charge in [-0.3, -0.25) is 4.79 Å².